The van der Waals surface area contributed by atoms with Crippen LogP contribution in [0.3, 0.4) is 0 Å². The third-order valence-corrected chi connectivity index (χ3v) is 1.86. The molecule has 0 aromatic carbocycles. The number of hydrogen-bond acceptors (Lipinski definition) is 3. The second-order valence-corrected chi connectivity index (χ2v) is 3.00. The molecule has 1 rings (SSSR count). The van der Waals surface area contributed by atoms with E-state index in [-0.39, 0.29) is 18.6 Å². The zero-order chi connectivity index (χ0) is 10.4. The maximum absolute atomic E-state index is 11.2. The van der Waals surface area contributed by atoms with Gasteiger partial charge in [-0.25, -0.2) is 0 Å². The van der Waals surface area contributed by atoms with E-state index in [1.54, 1.807) is 12.4 Å². The smallest absolute Gasteiger partial charge is 0.246 e. The van der Waals surface area contributed by atoms with Crippen LogP contribution < -0.4 is 5.32 Å². The van der Waals surface area contributed by atoms with Gasteiger partial charge in [0.25, 0.3) is 0 Å². The Morgan fingerprint density at radius 1 is 1.57 bits per heavy atom. The number of nitrogens with zero attached hydrogens (tertiary/aromatic N) is 1. The summed E-state index contributed by atoms with van der Waals surface area (Å²) in [6, 6.07) is 3.73. The van der Waals surface area contributed by atoms with E-state index < -0.39 is 0 Å². The van der Waals surface area contributed by atoms with E-state index in [0.717, 1.165) is 5.56 Å². The monoisotopic (exact) mass is 194 g/mol. The van der Waals surface area contributed by atoms with Crippen molar-refractivity contribution in [2.24, 2.45) is 0 Å². The molecule has 1 heterocycles. The third-order valence-electron chi connectivity index (χ3n) is 1.86. The van der Waals surface area contributed by atoms with Crippen LogP contribution in [0.5, 0.6) is 0 Å². The first-order valence-corrected chi connectivity index (χ1v) is 4.42. The lowest BCUT2D eigenvalue weighted by molar-refractivity contribution is -0.125. The van der Waals surface area contributed by atoms with Crippen LogP contribution in [0, 0.1) is 0 Å². The molecule has 1 amide bonds. The Morgan fingerprint density at radius 3 is 2.79 bits per heavy atom. The number of rotatable bonds is 4. The van der Waals surface area contributed by atoms with Crippen LogP contribution in [0.1, 0.15) is 18.5 Å². The minimum Gasteiger partial charge on any atom is -0.375 e. The number of methoxy groups -OCH3 is 1. The van der Waals surface area contributed by atoms with Crippen molar-refractivity contribution >= 4 is 5.91 Å². The van der Waals surface area contributed by atoms with Gasteiger partial charge in [0, 0.05) is 19.5 Å². The maximum atomic E-state index is 11.2. The van der Waals surface area contributed by atoms with E-state index >= 15 is 0 Å². The summed E-state index contributed by atoms with van der Waals surface area (Å²) in [5.41, 5.74) is 1.03. The van der Waals surface area contributed by atoms with Crippen molar-refractivity contribution in [3.8, 4) is 0 Å². The quantitative estimate of drug-likeness (QED) is 0.775. The SMILES string of the molecule is COCC(=O)N[C@@H](C)c1ccncc1. The lowest BCUT2D eigenvalue weighted by Gasteiger charge is -2.13. The van der Waals surface area contributed by atoms with E-state index in [1.165, 1.54) is 7.11 Å². The summed E-state index contributed by atoms with van der Waals surface area (Å²) >= 11 is 0. The van der Waals surface area contributed by atoms with Gasteiger partial charge in [0.05, 0.1) is 6.04 Å². The van der Waals surface area contributed by atoms with Gasteiger partial charge in [-0.15, -0.1) is 0 Å². The molecule has 1 N–H and O–H groups in total. The minimum absolute atomic E-state index is 0.0133. The molecule has 0 spiro atoms. The fourth-order valence-electron chi connectivity index (χ4n) is 1.15. The number of carbonyl (C=O) groups excluding carboxylic acids is 1. The van der Waals surface area contributed by atoms with Crippen LogP contribution in [0.15, 0.2) is 24.5 Å². The molecular formula is C10H14N2O2. The van der Waals surface area contributed by atoms with Gasteiger partial charge in [0.15, 0.2) is 0 Å². The first kappa shape index (κ1) is 10.7. The Bertz CT molecular complexity index is 287. The molecule has 1 aromatic heterocycles. The normalized spacial score (nSPS) is 12.1. The fraction of sp³-hybridized carbons (Fsp3) is 0.400. The molecule has 0 saturated carbocycles. The van der Waals surface area contributed by atoms with Crippen LogP contribution in [0.4, 0.5) is 0 Å². The standard InChI is InChI=1S/C10H14N2O2/c1-8(12-10(13)7-14-2)9-3-5-11-6-4-9/h3-6,8H,7H2,1-2H3,(H,12,13)/t8-/m0/s1. The topological polar surface area (TPSA) is 51.2 Å². The van der Waals surface area contributed by atoms with Gasteiger partial charge in [-0.3, -0.25) is 9.78 Å². The molecule has 0 bridgehead atoms. The van der Waals surface area contributed by atoms with Crippen LogP contribution in [-0.2, 0) is 9.53 Å². The fourth-order valence-corrected chi connectivity index (χ4v) is 1.15. The summed E-state index contributed by atoms with van der Waals surface area (Å²) in [5.74, 6) is -0.114. The van der Waals surface area contributed by atoms with Gasteiger partial charge in [-0.2, -0.15) is 0 Å². The van der Waals surface area contributed by atoms with Crippen molar-refractivity contribution in [2.75, 3.05) is 13.7 Å². The first-order valence-electron chi connectivity index (χ1n) is 4.42. The Kier molecular flexibility index (Phi) is 4.07. The molecule has 0 unspecified atom stereocenters. The van der Waals surface area contributed by atoms with Crippen LogP contribution in [0.2, 0.25) is 0 Å². The van der Waals surface area contributed by atoms with E-state index in [2.05, 4.69) is 10.3 Å². The molecule has 4 nitrogen and oxygen atoms in total. The van der Waals surface area contributed by atoms with Crippen molar-refractivity contribution in [3.05, 3.63) is 30.1 Å². The Hall–Kier alpha value is -1.42. The maximum Gasteiger partial charge on any atom is 0.246 e. The summed E-state index contributed by atoms with van der Waals surface area (Å²) in [4.78, 5) is 15.1. The molecule has 0 saturated heterocycles. The molecule has 0 radical (unpaired) electrons. The molecule has 0 aliphatic rings. The average molecular weight is 194 g/mol. The van der Waals surface area contributed by atoms with E-state index in [9.17, 15) is 4.79 Å². The number of hydrogen-bond donors (Lipinski definition) is 1. The van der Waals surface area contributed by atoms with Gasteiger partial charge in [0.2, 0.25) is 5.91 Å². The van der Waals surface area contributed by atoms with Crippen molar-refractivity contribution in [2.45, 2.75) is 13.0 Å². The molecule has 1 atom stereocenters. The van der Waals surface area contributed by atoms with Crippen molar-refractivity contribution < 1.29 is 9.53 Å². The second-order valence-electron chi connectivity index (χ2n) is 3.00. The highest BCUT2D eigenvalue weighted by Gasteiger charge is 2.07. The van der Waals surface area contributed by atoms with E-state index in [0.29, 0.717) is 0 Å². The molecule has 0 fully saturated rings. The summed E-state index contributed by atoms with van der Waals surface area (Å²) in [6.45, 7) is 2.01. The molecule has 0 aliphatic heterocycles. The van der Waals surface area contributed by atoms with Gasteiger partial charge >= 0.3 is 0 Å². The lowest BCUT2D eigenvalue weighted by Crippen LogP contribution is -2.29. The Labute approximate surface area is 83.3 Å². The summed E-state index contributed by atoms with van der Waals surface area (Å²) in [5, 5.41) is 2.81. The van der Waals surface area contributed by atoms with Gasteiger partial charge in [0.1, 0.15) is 6.61 Å². The number of amides is 1. The summed E-state index contributed by atoms with van der Waals surface area (Å²) in [7, 11) is 1.50. The number of pyridine rings is 1. The van der Waals surface area contributed by atoms with Crippen LogP contribution in [-0.4, -0.2) is 24.6 Å². The van der Waals surface area contributed by atoms with Gasteiger partial charge in [-0.1, -0.05) is 0 Å². The minimum atomic E-state index is -0.114. The highest BCUT2D eigenvalue weighted by atomic mass is 16.5. The number of carbonyl (C=O) groups is 1. The molecule has 4 heteroatoms. The number of aromatic nitrogens is 1. The van der Waals surface area contributed by atoms with Crippen molar-refractivity contribution in [1.82, 2.24) is 10.3 Å². The van der Waals surface area contributed by atoms with Crippen molar-refractivity contribution in [1.29, 1.82) is 0 Å². The van der Waals surface area contributed by atoms with E-state index in [4.69, 9.17) is 4.74 Å². The van der Waals surface area contributed by atoms with Crippen molar-refractivity contribution in [3.63, 3.8) is 0 Å². The van der Waals surface area contributed by atoms with Crippen LogP contribution in [0.25, 0.3) is 0 Å². The third kappa shape index (κ3) is 3.14. The van der Waals surface area contributed by atoms with Gasteiger partial charge < -0.3 is 10.1 Å². The predicted octanol–water partition coefficient (Wildman–Crippen LogP) is 0.905. The number of ether oxygens (including phenoxy) is 1. The Morgan fingerprint density at radius 2 is 2.21 bits per heavy atom. The average Bonchev–Trinajstić information content (AvgIpc) is 2.19. The van der Waals surface area contributed by atoms with E-state index in [1.807, 2.05) is 19.1 Å². The summed E-state index contributed by atoms with van der Waals surface area (Å²) < 4.78 is 4.72. The molecular weight excluding hydrogens is 180 g/mol. The zero-order valence-electron chi connectivity index (χ0n) is 8.36. The predicted molar refractivity (Wildman–Crippen MR) is 52.7 cm³/mol. The highest BCUT2D eigenvalue weighted by Crippen LogP contribution is 2.09. The summed E-state index contributed by atoms with van der Waals surface area (Å²) in [6.07, 6.45) is 3.41. The highest BCUT2D eigenvalue weighted by molar-refractivity contribution is 5.77. The largest absolute Gasteiger partial charge is 0.375 e. The number of nitrogens with one attached hydrogen (secondary N) is 1. The second kappa shape index (κ2) is 5.34. The zero-order valence-corrected chi connectivity index (χ0v) is 8.36. The lowest BCUT2D eigenvalue weighted by atomic mass is 10.1. The first-order chi connectivity index (χ1) is 6.74. The van der Waals surface area contributed by atoms with Crippen LogP contribution >= 0.6 is 0 Å². The van der Waals surface area contributed by atoms with Gasteiger partial charge in [-0.05, 0) is 24.6 Å². The molecule has 76 valence electrons. The Balaban J connectivity index is 2.50. The molecule has 14 heavy (non-hydrogen) atoms. The molecule has 0 aliphatic carbocycles. The molecule has 1 aromatic rings.